The molecule has 0 saturated carbocycles. The van der Waals surface area contributed by atoms with Gasteiger partial charge in [0.1, 0.15) is 11.8 Å². The predicted molar refractivity (Wildman–Crippen MR) is 92.4 cm³/mol. The Labute approximate surface area is 145 Å². The Kier molecular flexibility index (Phi) is 4.05. The Hall–Kier alpha value is -2.60. The number of carbonyl (C=O) groups is 2. The summed E-state index contributed by atoms with van der Waals surface area (Å²) in [5, 5.41) is 15.0. The van der Waals surface area contributed by atoms with Gasteiger partial charge in [-0.05, 0) is 24.3 Å². The number of rotatable bonds is 3. The molecule has 1 unspecified atom stereocenters. The second-order valence-electron chi connectivity index (χ2n) is 6.58. The van der Waals surface area contributed by atoms with Crippen molar-refractivity contribution >= 4 is 22.6 Å². The van der Waals surface area contributed by atoms with Gasteiger partial charge in [-0.15, -0.1) is 0 Å². The summed E-state index contributed by atoms with van der Waals surface area (Å²) in [5.74, 6) is -0.466. The van der Waals surface area contributed by atoms with Gasteiger partial charge >= 0.3 is 0 Å². The van der Waals surface area contributed by atoms with Crippen molar-refractivity contribution in [1.29, 1.82) is 0 Å². The van der Waals surface area contributed by atoms with E-state index in [2.05, 4.69) is 5.32 Å². The third-order valence-corrected chi connectivity index (χ3v) is 4.93. The second-order valence-corrected chi connectivity index (χ2v) is 6.58. The Bertz CT molecular complexity index is 831. The second kappa shape index (κ2) is 6.37. The van der Waals surface area contributed by atoms with Gasteiger partial charge in [0.2, 0.25) is 5.91 Å². The number of benzene rings is 2. The highest BCUT2D eigenvalue weighted by atomic mass is 16.5. The zero-order chi connectivity index (χ0) is 17.4. The van der Waals surface area contributed by atoms with Crippen LogP contribution < -0.4 is 5.32 Å². The summed E-state index contributed by atoms with van der Waals surface area (Å²) in [4.78, 5) is 27.0. The number of hydrogen-bond donors (Lipinski definition) is 2. The molecular weight excluding hydrogens is 320 g/mol. The third kappa shape index (κ3) is 2.82. The third-order valence-electron chi connectivity index (χ3n) is 4.93. The van der Waals surface area contributed by atoms with E-state index in [-0.39, 0.29) is 29.2 Å². The van der Waals surface area contributed by atoms with Gasteiger partial charge in [0.25, 0.3) is 5.91 Å². The molecule has 2 amide bonds. The molecule has 2 aliphatic heterocycles. The first-order valence-corrected chi connectivity index (χ1v) is 8.55. The molecule has 2 aromatic carbocycles. The zero-order valence-electron chi connectivity index (χ0n) is 13.8. The van der Waals surface area contributed by atoms with Gasteiger partial charge in [0, 0.05) is 11.9 Å². The molecule has 130 valence electrons. The van der Waals surface area contributed by atoms with E-state index >= 15 is 0 Å². The smallest absolute Gasteiger partial charge is 0.258 e. The number of phenols is 1. The number of phenolic OH excluding ortho intramolecular Hbond substituents is 1. The number of likely N-dealkylation sites (tertiary alicyclic amines) is 1. The lowest BCUT2D eigenvalue weighted by Crippen LogP contribution is -2.54. The number of fused-ring (bicyclic) bond motifs is 1. The highest BCUT2D eigenvalue weighted by Crippen LogP contribution is 2.31. The van der Waals surface area contributed by atoms with Crippen molar-refractivity contribution in [2.75, 3.05) is 19.8 Å². The minimum atomic E-state index is -0.487. The number of carbonyl (C=O) groups excluding carboxylic acids is 2. The average Bonchev–Trinajstić information content (AvgIpc) is 3.08. The van der Waals surface area contributed by atoms with Crippen LogP contribution in [0.2, 0.25) is 0 Å². The summed E-state index contributed by atoms with van der Waals surface area (Å²) < 4.78 is 5.07. The summed E-state index contributed by atoms with van der Waals surface area (Å²) in [6, 6.07) is 10.4. The molecule has 1 atom stereocenters. The monoisotopic (exact) mass is 340 g/mol. The quantitative estimate of drug-likeness (QED) is 0.891. The molecule has 2 saturated heterocycles. The molecule has 6 nitrogen and oxygen atoms in total. The largest absolute Gasteiger partial charge is 0.506 e. The van der Waals surface area contributed by atoms with Crippen LogP contribution in [0.1, 0.15) is 23.2 Å². The van der Waals surface area contributed by atoms with Crippen molar-refractivity contribution in [3.63, 3.8) is 0 Å². The van der Waals surface area contributed by atoms with Crippen molar-refractivity contribution in [1.82, 2.24) is 10.2 Å². The number of nitrogens with zero attached hydrogens (tertiary/aromatic N) is 1. The summed E-state index contributed by atoms with van der Waals surface area (Å²) >= 11 is 0. The maximum Gasteiger partial charge on any atom is 0.258 e. The normalized spacial score (nSPS) is 20.5. The average molecular weight is 340 g/mol. The van der Waals surface area contributed by atoms with E-state index in [0.29, 0.717) is 31.6 Å². The van der Waals surface area contributed by atoms with Gasteiger partial charge in [0.15, 0.2) is 0 Å². The Morgan fingerprint density at radius 3 is 2.72 bits per heavy atom. The lowest BCUT2D eigenvalue weighted by atomic mass is 10.0. The summed E-state index contributed by atoms with van der Waals surface area (Å²) in [5.41, 5.74) is 0.241. The van der Waals surface area contributed by atoms with E-state index in [0.717, 1.165) is 11.8 Å². The molecule has 25 heavy (non-hydrogen) atoms. The molecule has 2 aromatic rings. The maximum atomic E-state index is 13.0. The Balaban J connectivity index is 1.59. The molecule has 0 aliphatic carbocycles. The van der Waals surface area contributed by atoms with E-state index in [1.165, 1.54) is 0 Å². The first-order valence-electron chi connectivity index (χ1n) is 8.55. The number of nitrogens with one attached hydrogen (secondary N) is 1. The zero-order valence-corrected chi connectivity index (χ0v) is 13.8. The van der Waals surface area contributed by atoms with Crippen molar-refractivity contribution in [3.05, 3.63) is 42.0 Å². The van der Waals surface area contributed by atoms with Gasteiger partial charge in [-0.1, -0.05) is 30.3 Å². The summed E-state index contributed by atoms with van der Waals surface area (Å²) in [6.45, 7) is 1.57. The summed E-state index contributed by atoms with van der Waals surface area (Å²) in [6.07, 6.45) is 1.42. The number of aromatic hydroxyl groups is 1. The van der Waals surface area contributed by atoms with E-state index in [9.17, 15) is 14.7 Å². The van der Waals surface area contributed by atoms with Crippen molar-refractivity contribution < 1.29 is 19.4 Å². The maximum absolute atomic E-state index is 13.0. The molecule has 2 fully saturated rings. The van der Waals surface area contributed by atoms with Crippen LogP contribution in [0.15, 0.2) is 36.4 Å². The van der Waals surface area contributed by atoms with E-state index < -0.39 is 6.04 Å². The molecular formula is C19H20N2O4. The van der Waals surface area contributed by atoms with Gasteiger partial charge in [-0.25, -0.2) is 0 Å². The molecule has 0 radical (unpaired) electrons. The highest BCUT2D eigenvalue weighted by molar-refractivity contribution is 6.05. The fraction of sp³-hybridized carbons (Fsp3) is 0.368. The molecule has 2 aliphatic rings. The van der Waals surface area contributed by atoms with E-state index in [1.54, 1.807) is 17.0 Å². The molecule has 2 N–H and O–H groups in total. The fourth-order valence-corrected chi connectivity index (χ4v) is 3.48. The van der Waals surface area contributed by atoms with E-state index in [4.69, 9.17) is 4.74 Å². The van der Waals surface area contributed by atoms with Crippen molar-refractivity contribution in [3.8, 4) is 5.75 Å². The summed E-state index contributed by atoms with van der Waals surface area (Å²) in [7, 11) is 0. The number of ether oxygens (including phenoxy) is 1. The SMILES string of the molecule is O=C(NC1COC1)C1CCCN1C(=O)c1ccc2ccccc2c1O. The van der Waals surface area contributed by atoms with Gasteiger partial charge < -0.3 is 20.1 Å². The molecule has 2 heterocycles. The molecule has 4 rings (SSSR count). The topological polar surface area (TPSA) is 78.9 Å². The molecule has 6 heteroatoms. The lowest BCUT2D eigenvalue weighted by molar-refractivity contribution is -0.129. The van der Waals surface area contributed by atoms with Crippen LogP contribution in [-0.4, -0.2) is 53.7 Å². The highest BCUT2D eigenvalue weighted by Gasteiger charge is 2.37. The van der Waals surface area contributed by atoms with Gasteiger partial charge in [-0.3, -0.25) is 9.59 Å². The minimum absolute atomic E-state index is 0.0263. The van der Waals surface area contributed by atoms with Crippen LogP contribution >= 0.6 is 0 Å². The number of amides is 2. The Morgan fingerprint density at radius 2 is 1.96 bits per heavy atom. The van der Waals surface area contributed by atoms with Crippen LogP contribution in [0.3, 0.4) is 0 Å². The predicted octanol–water partition coefficient (Wildman–Crippen LogP) is 1.66. The number of hydrogen-bond acceptors (Lipinski definition) is 4. The first-order chi connectivity index (χ1) is 12.1. The van der Waals surface area contributed by atoms with E-state index in [1.807, 2.05) is 24.3 Å². The molecule has 0 aromatic heterocycles. The van der Waals surface area contributed by atoms with Crippen molar-refractivity contribution in [2.24, 2.45) is 0 Å². The molecule has 0 bridgehead atoms. The Morgan fingerprint density at radius 1 is 1.16 bits per heavy atom. The van der Waals surface area contributed by atoms with Gasteiger partial charge in [-0.2, -0.15) is 0 Å². The minimum Gasteiger partial charge on any atom is -0.506 e. The van der Waals surface area contributed by atoms with Crippen LogP contribution in [-0.2, 0) is 9.53 Å². The van der Waals surface area contributed by atoms with Crippen molar-refractivity contribution in [2.45, 2.75) is 24.9 Å². The molecule has 0 spiro atoms. The van der Waals surface area contributed by atoms with Gasteiger partial charge in [0.05, 0.1) is 24.8 Å². The van der Waals surface area contributed by atoms with Crippen LogP contribution in [0, 0.1) is 0 Å². The first kappa shape index (κ1) is 15.9. The standard InChI is InChI=1S/C19H20N2O4/c22-17-14-5-2-1-4-12(14)7-8-15(17)19(24)21-9-3-6-16(21)18(23)20-13-10-25-11-13/h1-2,4-5,7-8,13,16,22H,3,6,9-11H2,(H,20,23). The fourth-order valence-electron chi connectivity index (χ4n) is 3.48. The van der Waals surface area contributed by atoms with Crippen LogP contribution in [0.4, 0.5) is 0 Å². The lowest BCUT2D eigenvalue weighted by Gasteiger charge is -2.30. The van der Waals surface area contributed by atoms with Crippen LogP contribution in [0.5, 0.6) is 5.75 Å². The van der Waals surface area contributed by atoms with Crippen LogP contribution in [0.25, 0.3) is 10.8 Å².